The Kier molecular flexibility index (Phi) is 23.6. The van der Waals surface area contributed by atoms with Crippen molar-refractivity contribution in [3.8, 4) is 29.1 Å². The van der Waals surface area contributed by atoms with Gasteiger partial charge in [-0.3, -0.25) is 14.5 Å². The summed E-state index contributed by atoms with van der Waals surface area (Å²) in [7, 11) is 0. The molecule has 2 heterocycles. The number of Topliss-reactive ketones (excluding diaryl/α,β-unsaturated/α-hetero) is 2. The predicted octanol–water partition coefficient (Wildman–Crippen LogP) is 14.6. The fraction of sp³-hybridized carbons (Fsp3) is 0.509. The van der Waals surface area contributed by atoms with Crippen molar-refractivity contribution in [3.05, 3.63) is 119 Å². The van der Waals surface area contributed by atoms with Crippen LogP contribution in [0.25, 0.3) is 0 Å². The standard InChI is InChI=1S/C26H27F6NO3.C13H12BrF3O2.C13H16F3NO.C2H3N.CH4/c27-25(28,29)19-8-10-20(11-9-19)35-17-18-5-3-14-33(15-18)16-23(34)24(12-4-13-24)21-6-1-2-7-22(21)36-26(30,31)32;14-8-11(18)12(6-3-7-12)9-4-1-2-5-10(9)19-13(15,16)17;14-13(15,16)11-3-5-12(6-4-11)18-9-10-2-1-7-17-8-10;1-2-3;/h1-2,6-11,18H,3-5,12-17H2;1-2,4-5H,3,6-8H2;3-6,10,17H,1-2,7-9H2;1H3;1H4/t18-;;10-;;/m0.0../s1. The van der Waals surface area contributed by atoms with Gasteiger partial charge in [0.2, 0.25) is 0 Å². The van der Waals surface area contributed by atoms with Crippen LogP contribution in [0.4, 0.5) is 52.7 Å². The van der Waals surface area contributed by atoms with Crippen LogP contribution in [0.5, 0.6) is 23.0 Å². The Morgan fingerprint density at radius 3 is 1.43 bits per heavy atom. The molecular formula is C55H62BrF12N3O6. The summed E-state index contributed by atoms with van der Waals surface area (Å²) in [5, 5.41) is 10.7. The number of benzene rings is 4. The maximum atomic E-state index is 13.4. The summed E-state index contributed by atoms with van der Waals surface area (Å²) in [6.07, 6.45) is -10.8. The van der Waals surface area contributed by atoms with Gasteiger partial charge >= 0.3 is 25.1 Å². The van der Waals surface area contributed by atoms with Crippen molar-refractivity contribution in [2.24, 2.45) is 11.8 Å². The normalized spacial score (nSPS) is 18.9. The summed E-state index contributed by atoms with van der Waals surface area (Å²) in [6, 6.07) is 22.8. The Morgan fingerprint density at radius 1 is 0.636 bits per heavy atom. The highest BCUT2D eigenvalue weighted by molar-refractivity contribution is 9.09. The van der Waals surface area contributed by atoms with E-state index in [2.05, 4.69) is 30.7 Å². The highest BCUT2D eigenvalue weighted by atomic mass is 79.9. The van der Waals surface area contributed by atoms with Crippen LogP contribution in [-0.4, -0.2) is 80.5 Å². The van der Waals surface area contributed by atoms with Gasteiger partial charge in [-0.25, -0.2) is 0 Å². The first-order valence-corrected chi connectivity index (χ1v) is 25.6. The average Bonchev–Trinajstić information content (AvgIpc) is 3.33. The topological polar surface area (TPSA) is 110 Å². The van der Waals surface area contributed by atoms with E-state index < -0.39 is 47.0 Å². The van der Waals surface area contributed by atoms with E-state index in [-0.39, 0.29) is 53.8 Å². The molecule has 4 aromatic carbocycles. The number of alkyl halides is 13. The van der Waals surface area contributed by atoms with Crippen LogP contribution in [0.2, 0.25) is 0 Å². The molecule has 0 spiro atoms. The van der Waals surface area contributed by atoms with E-state index in [9.17, 15) is 62.3 Å². The average molecular weight is 1170 g/mol. The van der Waals surface area contributed by atoms with Gasteiger partial charge < -0.3 is 24.3 Å². The van der Waals surface area contributed by atoms with E-state index in [0.29, 0.717) is 75.0 Å². The second-order valence-corrected chi connectivity index (χ2v) is 19.3. The zero-order chi connectivity index (χ0) is 55.8. The number of rotatable bonds is 15. The monoisotopic (exact) mass is 1170 g/mol. The van der Waals surface area contributed by atoms with Crippen LogP contribution in [0, 0.1) is 23.2 Å². The second kappa shape index (κ2) is 28.4. The number of hydrogen-bond donors (Lipinski definition) is 1. The minimum atomic E-state index is -4.85. The number of halogens is 13. The Labute approximate surface area is 448 Å². The lowest BCUT2D eigenvalue weighted by Crippen LogP contribution is -2.50. The largest absolute Gasteiger partial charge is 0.573 e. The molecule has 4 fully saturated rings. The van der Waals surface area contributed by atoms with Crippen LogP contribution < -0.4 is 24.3 Å². The SMILES string of the molecule is C.CC#N.FC(F)(F)c1ccc(OC[C@H]2CCCNC2)cc1.O=C(CBr)C1(c2ccccc2OC(F)(F)F)CCC1.O=C(CN1CCC[C@H](COc2ccc(C(F)(F)F)cc2)C1)C1(c2ccccc2OC(F)(F)F)CCC1. The number of nitriles is 1. The van der Waals surface area contributed by atoms with Gasteiger partial charge in [-0.2, -0.15) is 31.6 Å². The number of likely N-dealkylation sites (tertiary alicyclic amines) is 1. The molecule has 2 aliphatic carbocycles. The van der Waals surface area contributed by atoms with Crippen molar-refractivity contribution in [2.75, 3.05) is 51.3 Å². The Hall–Kier alpha value is -5.53. The van der Waals surface area contributed by atoms with E-state index in [0.717, 1.165) is 75.9 Å². The van der Waals surface area contributed by atoms with Gasteiger partial charge in [0.25, 0.3) is 0 Å². The summed E-state index contributed by atoms with van der Waals surface area (Å²) < 4.78 is 171. The fourth-order valence-corrected chi connectivity index (χ4v) is 10.0. The van der Waals surface area contributed by atoms with Crippen LogP contribution >= 0.6 is 15.9 Å². The van der Waals surface area contributed by atoms with Gasteiger partial charge in [0, 0.05) is 43.0 Å². The molecule has 424 valence electrons. The molecule has 8 rings (SSSR count). The van der Waals surface area contributed by atoms with Crippen molar-refractivity contribution in [1.82, 2.24) is 10.2 Å². The lowest BCUT2D eigenvalue weighted by atomic mass is 9.61. The summed E-state index contributed by atoms with van der Waals surface area (Å²) in [6.45, 7) is 5.58. The highest BCUT2D eigenvalue weighted by Crippen LogP contribution is 2.50. The maximum Gasteiger partial charge on any atom is 0.573 e. The molecule has 1 N–H and O–H groups in total. The van der Waals surface area contributed by atoms with E-state index in [1.165, 1.54) is 61.5 Å². The first-order valence-electron chi connectivity index (χ1n) is 24.5. The number of carbonyl (C=O) groups excluding carboxylic acids is 2. The molecule has 77 heavy (non-hydrogen) atoms. The fourth-order valence-electron chi connectivity index (χ4n) is 9.50. The molecule has 0 bridgehead atoms. The maximum absolute atomic E-state index is 13.4. The number of nitrogens with zero attached hydrogens (tertiary/aromatic N) is 2. The molecule has 0 unspecified atom stereocenters. The van der Waals surface area contributed by atoms with Gasteiger partial charge in [0.15, 0.2) is 11.6 Å². The van der Waals surface area contributed by atoms with Gasteiger partial charge in [-0.1, -0.05) is 72.6 Å². The molecular weight excluding hydrogens is 1110 g/mol. The van der Waals surface area contributed by atoms with Gasteiger partial charge in [-0.05, 0) is 125 Å². The van der Waals surface area contributed by atoms with Crippen LogP contribution in [0.15, 0.2) is 97.1 Å². The highest BCUT2D eigenvalue weighted by Gasteiger charge is 2.49. The molecule has 2 saturated carbocycles. The molecule has 0 amide bonds. The minimum absolute atomic E-state index is 0. The lowest BCUT2D eigenvalue weighted by molar-refractivity contribution is -0.276. The number of hydrogen-bond acceptors (Lipinski definition) is 9. The molecule has 2 saturated heterocycles. The third-order valence-corrected chi connectivity index (χ3v) is 14.1. The molecule has 0 radical (unpaired) electrons. The van der Waals surface area contributed by atoms with E-state index in [1.54, 1.807) is 24.3 Å². The quantitative estimate of drug-likeness (QED) is 0.0919. The molecule has 4 aromatic rings. The number of ether oxygens (including phenoxy) is 4. The number of carbonyl (C=O) groups is 2. The Balaban J connectivity index is 0.000000263. The van der Waals surface area contributed by atoms with Crippen molar-refractivity contribution in [3.63, 3.8) is 0 Å². The zero-order valence-electron chi connectivity index (χ0n) is 41.4. The number of para-hydroxylation sites is 2. The van der Waals surface area contributed by atoms with E-state index >= 15 is 0 Å². The van der Waals surface area contributed by atoms with Crippen LogP contribution in [0.3, 0.4) is 0 Å². The number of piperidine rings is 2. The summed E-state index contributed by atoms with van der Waals surface area (Å²) in [5.74, 6) is 0.518. The first kappa shape index (κ1) is 64.0. The van der Waals surface area contributed by atoms with Gasteiger partial charge in [0.05, 0.1) is 53.1 Å². The van der Waals surface area contributed by atoms with E-state index in [1.807, 2.05) is 4.90 Å². The van der Waals surface area contributed by atoms with Crippen molar-refractivity contribution < 1.29 is 81.2 Å². The molecule has 2 atom stereocenters. The van der Waals surface area contributed by atoms with Crippen LogP contribution in [-0.2, 0) is 32.8 Å². The smallest absolute Gasteiger partial charge is 0.493 e. The van der Waals surface area contributed by atoms with Crippen molar-refractivity contribution in [2.45, 2.75) is 114 Å². The number of ketones is 2. The lowest BCUT2D eigenvalue weighted by Gasteiger charge is -2.43. The van der Waals surface area contributed by atoms with E-state index in [4.69, 9.17) is 14.7 Å². The zero-order valence-corrected chi connectivity index (χ0v) is 43.0. The molecule has 0 aromatic heterocycles. The Bertz CT molecular complexity index is 2500. The molecule has 22 heteroatoms. The second-order valence-electron chi connectivity index (χ2n) is 18.8. The summed E-state index contributed by atoms with van der Waals surface area (Å²) in [5.41, 5.74) is -2.60. The van der Waals surface area contributed by atoms with Crippen molar-refractivity contribution >= 4 is 27.5 Å². The summed E-state index contributed by atoms with van der Waals surface area (Å²) in [4.78, 5) is 27.5. The van der Waals surface area contributed by atoms with Crippen molar-refractivity contribution in [1.29, 1.82) is 5.26 Å². The third kappa shape index (κ3) is 18.8. The van der Waals surface area contributed by atoms with Gasteiger partial charge in [-0.15, -0.1) is 26.3 Å². The number of nitrogens with one attached hydrogen (secondary N) is 1. The predicted molar refractivity (Wildman–Crippen MR) is 268 cm³/mol. The molecule has 2 aliphatic heterocycles. The minimum Gasteiger partial charge on any atom is -0.493 e. The van der Waals surface area contributed by atoms with Gasteiger partial charge in [0.1, 0.15) is 23.0 Å². The third-order valence-electron chi connectivity index (χ3n) is 13.6. The molecule has 9 nitrogen and oxygen atoms in total. The summed E-state index contributed by atoms with van der Waals surface area (Å²) >= 11 is 3.10. The molecule has 4 aliphatic rings. The van der Waals surface area contributed by atoms with Crippen LogP contribution in [0.1, 0.15) is 101 Å². The Morgan fingerprint density at radius 2 is 1.05 bits per heavy atom. The first-order chi connectivity index (χ1) is 35.8.